The van der Waals surface area contributed by atoms with Gasteiger partial charge in [0.2, 0.25) is 12.7 Å². The van der Waals surface area contributed by atoms with Crippen LogP contribution >= 0.6 is 0 Å². The number of piperazine rings is 1. The number of methoxy groups -OCH3 is 2. The van der Waals surface area contributed by atoms with E-state index in [0.29, 0.717) is 24.7 Å². The zero-order valence-corrected chi connectivity index (χ0v) is 18.4. The maximum atomic E-state index is 13.0. The molecule has 0 bridgehead atoms. The van der Waals surface area contributed by atoms with Gasteiger partial charge in [-0.3, -0.25) is 9.69 Å². The minimum Gasteiger partial charge on any atom is -0.493 e. The molecule has 0 aliphatic carbocycles. The molecule has 1 amide bonds. The maximum Gasteiger partial charge on any atom is 0.231 e. The number of carbonyl (C=O) groups excluding carboxylic acids is 1. The molecule has 2 heterocycles. The van der Waals surface area contributed by atoms with Gasteiger partial charge in [-0.1, -0.05) is 19.1 Å². The van der Waals surface area contributed by atoms with E-state index in [9.17, 15) is 4.79 Å². The van der Waals surface area contributed by atoms with Gasteiger partial charge in [-0.15, -0.1) is 0 Å². The third kappa shape index (κ3) is 4.88. The zero-order chi connectivity index (χ0) is 21.8. The van der Waals surface area contributed by atoms with Gasteiger partial charge in [-0.05, 0) is 41.8 Å². The first kappa shape index (κ1) is 21.3. The Morgan fingerprint density at radius 1 is 0.935 bits per heavy atom. The van der Waals surface area contributed by atoms with E-state index in [1.54, 1.807) is 14.2 Å². The normalized spacial score (nSPS) is 16.8. The van der Waals surface area contributed by atoms with Crippen molar-refractivity contribution in [2.24, 2.45) is 5.92 Å². The molecule has 0 aromatic heterocycles. The Bertz CT molecular complexity index is 924. The molecule has 4 rings (SSSR count). The molecule has 31 heavy (non-hydrogen) atoms. The number of nitrogens with zero attached hydrogens (tertiary/aromatic N) is 2. The van der Waals surface area contributed by atoms with Crippen molar-refractivity contribution in [1.29, 1.82) is 0 Å². The molecule has 1 atom stereocenters. The fourth-order valence-corrected chi connectivity index (χ4v) is 4.18. The van der Waals surface area contributed by atoms with Crippen LogP contribution in [0.2, 0.25) is 0 Å². The second-order valence-electron chi connectivity index (χ2n) is 8.08. The first-order valence-corrected chi connectivity index (χ1v) is 10.7. The molecule has 2 aliphatic rings. The lowest BCUT2D eigenvalue weighted by Crippen LogP contribution is -2.49. The molecule has 1 fully saturated rings. The summed E-state index contributed by atoms with van der Waals surface area (Å²) in [5.74, 6) is 3.13. The fourth-order valence-electron chi connectivity index (χ4n) is 4.18. The van der Waals surface area contributed by atoms with E-state index >= 15 is 0 Å². The highest BCUT2D eigenvalue weighted by atomic mass is 16.7. The second kappa shape index (κ2) is 9.47. The van der Waals surface area contributed by atoms with Gasteiger partial charge in [0.25, 0.3) is 0 Å². The average Bonchev–Trinajstić information content (AvgIpc) is 3.27. The third-order valence-corrected chi connectivity index (χ3v) is 5.94. The van der Waals surface area contributed by atoms with E-state index in [4.69, 9.17) is 18.9 Å². The number of carbonyl (C=O) groups is 1. The predicted octanol–water partition coefficient (Wildman–Crippen LogP) is 2.96. The summed E-state index contributed by atoms with van der Waals surface area (Å²) in [6.45, 7) is 6.37. The van der Waals surface area contributed by atoms with Gasteiger partial charge in [0.15, 0.2) is 23.0 Å². The van der Waals surface area contributed by atoms with Crippen LogP contribution < -0.4 is 18.9 Å². The molecular formula is C24H30N2O5. The van der Waals surface area contributed by atoms with E-state index < -0.39 is 0 Å². The van der Waals surface area contributed by atoms with Crippen molar-refractivity contribution in [3.63, 3.8) is 0 Å². The van der Waals surface area contributed by atoms with Gasteiger partial charge in [-0.25, -0.2) is 0 Å². The summed E-state index contributed by atoms with van der Waals surface area (Å²) in [5.41, 5.74) is 2.27. The quantitative estimate of drug-likeness (QED) is 0.679. The van der Waals surface area contributed by atoms with Gasteiger partial charge >= 0.3 is 0 Å². The number of hydrogen-bond donors (Lipinski definition) is 0. The van der Waals surface area contributed by atoms with E-state index in [1.165, 1.54) is 5.56 Å². The molecule has 0 N–H and O–H groups in total. The summed E-state index contributed by atoms with van der Waals surface area (Å²) >= 11 is 0. The number of benzene rings is 2. The number of ether oxygens (including phenoxy) is 4. The SMILES string of the molecule is COc1ccc(CC(C)C(=O)N2CCN(Cc3ccc4c(c3)OCO4)CC2)cc1OC. The van der Waals surface area contributed by atoms with Gasteiger partial charge < -0.3 is 23.8 Å². The largest absolute Gasteiger partial charge is 0.493 e. The zero-order valence-electron chi connectivity index (χ0n) is 18.4. The van der Waals surface area contributed by atoms with Crippen LogP contribution in [0.3, 0.4) is 0 Å². The molecule has 1 saturated heterocycles. The van der Waals surface area contributed by atoms with Crippen molar-refractivity contribution in [2.45, 2.75) is 19.9 Å². The Kier molecular flexibility index (Phi) is 6.51. The number of hydrogen-bond acceptors (Lipinski definition) is 6. The number of amides is 1. The van der Waals surface area contributed by atoms with Crippen LogP contribution in [0.25, 0.3) is 0 Å². The number of rotatable bonds is 7. The van der Waals surface area contributed by atoms with Crippen LogP contribution in [0.15, 0.2) is 36.4 Å². The number of fused-ring (bicyclic) bond motifs is 1. The van der Waals surface area contributed by atoms with Crippen LogP contribution in [-0.4, -0.2) is 62.9 Å². The van der Waals surface area contributed by atoms with Crippen LogP contribution in [0.4, 0.5) is 0 Å². The average molecular weight is 427 g/mol. The first-order chi connectivity index (χ1) is 15.1. The Hall–Kier alpha value is -2.93. The Morgan fingerprint density at radius 2 is 1.65 bits per heavy atom. The summed E-state index contributed by atoms with van der Waals surface area (Å²) in [5, 5.41) is 0. The predicted molar refractivity (Wildman–Crippen MR) is 117 cm³/mol. The molecule has 0 radical (unpaired) electrons. The maximum absolute atomic E-state index is 13.0. The van der Waals surface area contributed by atoms with Crippen molar-refractivity contribution >= 4 is 5.91 Å². The van der Waals surface area contributed by atoms with Gasteiger partial charge in [0, 0.05) is 38.6 Å². The monoisotopic (exact) mass is 426 g/mol. The van der Waals surface area contributed by atoms with Crippen molar-refractivity contribution in [2.75, 3.05) is 47.2 Å². The molecule has 7 heteroatoms. The van der Waals surface area contributed by atoms with E-state index in [0.717, 1.165) is 49.8 Å². The lowest BCUT2D eigenvalue weighted by atomic mass is 9.99. The van der Waals surface area contributed by atoms with Crippen molar-refractivity contribution in [3.8, 4) is 23.0 Å². The summed E-state index contributed by atoms with van der Waals surface area (Å²) in [4.78, 5) is 17.4. The lowest BCUT2D eigenvalue weighted by molar-refractivity contribution is -0.136. The summed E-state index contributed by atoms with van der Waals surface area (Å²) in [6, 6.07) is 11.9. The lowest BCUT2D eigenvalue weighted by Gasteiger charge is -2.36. The molecule has 7 nitrogen and oxygen atoms in total. The van der Waals surface area contributed by atoms with E-state index in [2.05, 4.69) is 11.0 Å². The molecule has 2 aromatic carbocycles. The van der Waals surface area contributed by atoms with Crippen LogP contribution in [0, 0.1) is 5.92 Å². The highest BCUT2D eigenvalue weighted by Crippen LogP contribution is 2.33. The molecule has 2 aromatic rings. The van der Waals surface area contributed by atoms with Crippen molar-refractivity contribution in [1.82, 2.24) is 9.80 Å². The molecule has 0 saturated carbocycles. The van der Waals surface area contributed by atoms with Gasteiger partial charge in [-0.2, -0.15) is 0 Å². The minimum atomic E-state index is -0.0847. The Labute approximate surface area is 183 Å². The van der Waals surface area contributed by atoms with E-state index in [1.807, 2.05) is 42.2 Å². The molecule has 2 aliphatic heterocycles. The third-order valence-electron chi connectivity index (χ3n) is 5.94. The smallest absolute Gasteiger partial charge is 0.231 e. The minimum absolute atomic E-state index is 0.0847. The highest BCUT2D eigenvalue weighted by molar-refractivity contribution is 5.79. The highest BCUT2D eigenvalue weighted by Gasteiger charge is 2.25. The Morgan fingerprint density at radius 3 is 2.39 bits per heavy atom. The topological polar surface area (TPSA) is 60.5 Å². The molecular weight excluding hydrogens is 396 g/mol. The van der Waals surface area contributed by atoms with Crippen molar-refractivity contribution in [3.05, 3.63) is 47.5 Å². The first-order valence-electron chi connectivity index (χ1n) is 10.7. The van der Waals surface area contributed by atoms with E-state index in [-0.39, 0.29) is 11.8 Å². The fraction of sp³-hybridized carbons (Fsp3) is 0.458. The molecule has 166 valence electrons. The van der Waals surface area contributed by atoms with Crippen LogP contribution in [-0.2, 0) is 17.8 Å². The van der Waals surface area contributed by atoms with Gasteiger partial charge in [0.1, 0.15) is 0 Å². The van der Waals surface area contributed by atoms with Gasteiger partial charge in [0.05, 0.1) is 14.2 Å². The van der Waals surface area contributed by atoms with Crippen LogP contribution in [0.5, 0.6) is 23.0 Å². The molecule has 1 unspecified atom stereocenters. The standard InChI is InChI=1S/C24H30N2O5/c1-17(12-18-4-6-20(28-2)22(13-18)29-3)24(27)26-10-8-25(9-11-26)15-19-5-7-21-23(14-19)31-16-30-21/h4-7,13-14,17H,8-12,15-16H2,1-3H3. The summed E-state index contributed by atoms with van der Waals surface area (Å²) in [7, 11) is 3.25. The van der Waals surface area contributed by atoms with Crippen molar-refractivity contribution < 1.29 is 23.7 Å². The molecule has 0 spiro atoms. The second-order valence-corrected chi connectivity index (χ2v) is 8.08. The summed E-state index contributed by atoms with van der Waals surface area (Å²) in [6.07, 6.45) is 0.677. The van der Waals surface area contributed by atoms with Crippen LogP contribution in [0.1, 0.15) is 18.1 Å². The Balaban J connectivity index is 1.28. The summed E-state index contributed by atoms with van der Waals surface area (Å²) < 4.78 is 21.5.